The van der Waals surface area contributed by atoms with E-state index in [0.29, 0.717) is 17.5 Å². The zero-order chi connectivity index (χ0) is 33.7. The topological polar surface area (TPSA) is 56.5 Å². The zero-order valence-electron chi connectivity index (χ0n) is 27.5. The summed E-state index contributed by atoms with van der Waals surface area (Å²) in [7, 11) is 0. The van der Waals surface area contributed by atoms with Gasteiger partial charge < -0.3 is 4.57 Å². The summed E-state index contributed by atoms with van der Waals surface area (Å²) in [5.74, 6) is 1.92. The SMILES string of the molecule is c1ccc(-c2nc(-c3ccccc3)nc(-c3ccc4c(c3)c3cc5c(cc3n4-c3ccccc3)c(-c3ccccc3)nc3ccccc35)n2)cc1. The Kier molecular flexibility index (Phi) is 6.74. The Morgan fingerprint density at radius 3 is 1.49 bits per heavy atom. The second-order valence-corrected chi connectivity index (χ2v) is 12.7. The molecule has 0 saturated carbocycles. The first-order valence-electron chi connectivity index (χ1n) is 17.1. The van der Waals surface area contributed by atoms with E-state index in [1.165, 1.54) is 5.39 Å². The lowest BCUT2D eigenvalue weighted by molar-refractivity contribution is 1.07. The second kappa shape index (κ2) is 11.9. The molecular formula is C46H29N5. The smallest absolute Gasteiger partial charge is 0.164 e. The largest absolute Gasteiger partial charge is 0.309 e. The predicted molar refractivity (Wildman–Crippen MR) is 209 cm³/mol. The highest BCUT2D eigenvalue weighted by Crippen LogP contribution is 2.41. The molecule has 3 heterocycles. The van der Waals surface area contributed by atoms with E-state index >= 15 is 0 Å². The maximum atomic E-state index is 5.23. The number of para-hydroxylation sites is 2. The second-order valence-electron chi connectivity index (χ2n) is 12.7. The molecule has 0 aliphatic heterocycles. The average molecular weight is 652 g/mol. The van der Waals surface area contributed by atoms with Crippen LogP contribution in [-0.2, 0) is 0 Å². The molecule has 3 aromatic heterocycles. The fourth-order valence-electron chi connectivity index (χ4n) is 7.21. The first-order valence-corrected chi connectivity index (χ1v) is 17.1. The average Bonchev–Trinajstić information content (AvgIpc) is 3.53. The first kappa shape index (κ1) is 29.0. The molecule has 10 rings (SSSR count). The molecule has 0 radical (unpaired) electrons. The van der Waals surface area contributed by atoms with Crippen LogP contribution in [0.4, 0.5) is 0 Å². The van der Waals surface area contributed by atoms with Crippen molar-refractivity contribution in [2.45, 2.75) is 0 Å². The molecule has 0 saturated heterocycles. The van der Waals surface area contributed by atoms with Crippen LogP contribution in [-0.4, -0.2) is 24.5 Å². The van der Waals surface area contributed by atoms with Crippen molar-refractivity contribution in [2.75, 3.05) is 0 Å². The van der Waals surface area contributed by atoms with Gasteiger partial charge in [0.05, 0.1) is 22.2 Å². The standard InChI is InChI=1S/C46H29N5/c1-5-15-30(16-6-1)43-39-29-42-38(28-36(39)35-23-13-14-24-40(35)47-43)37-27-33(25-26-41(37)51(42)34-21-11-4-12-22-34)46-49-44(31-17-7-2-8-18-31)48-45(50-46)32-19-9-3-10-20-32/h1-29H. The van der Waals surface area contributed by atoms with Crippen LogP contribution in [0.5, 0.6) is 0 Å². The van der Waals surface area contributed by atoms with Gasteiger partial charge in [0.1, 0.15) is 0 Å². The Labute approximate surface area is 294 Å². The van der Waals surface area contributed by atoms with Crippen LogP contribution in [0.2, 0.25) is 0 Å². The lowest BCUT2D eigenvalue weighted by Crippen LogP contribution is -2.00. The Bertz CT molecular complexity index is 2830. The summed E-state index contributed by atoms with van der Waals surface area (Å²) in [6, 6.07) is 61.0. The van der Waals surface area contributed by atoms with Crippen molar-refractivity contribution in [3.05, 3.63) is 176 Å². The van der Waals surface area contributed by atoms with Gasteiger partial charge in [0.2, 0.25) is 0 Å². The van der Waals surface area contributed by atoms with Crippen LogP contribution in [0, 0.1) is 0 Å². The van der Waals surface area contributed by atoms with Gasteiger partial charge in [0.25, 0.3) is 0 Å². The molecule has 0 unspecified atom stereocenters. The van der Waals surface area contributed by atoms with E-state index in [-0.39, 0.29) is 0 Å². The minimum absolute atomic E-state index is 0.632. The third-order valence-corrected chi connectivity index (χ3v) is 9.61. The normalized spacial score (nSPS) is 11.5. The monoisotopic (exact) mass is 651 g/mol. The van der Waals surface area contributed by atoms with Gasteiger partial charge in [-0.05, 0) is 53.9 Å². The van der Waals surface area contributed by atoms with Crippen LogP contribution >= 0.6 is 0 Å². The minimum Gasteiger partial charge on any atom is -0.309 e. The third-order valence-electron chi connectivity index (χ3n) is 9.61. The summed E-state index contributed by atoms with van der Waals surface area (Å²) >= 11 is 0. The number of rotatable bonds is 5. The number of benzene rings is 7. The summed E-state index contributed by atoms with van der Waals surface area (Å²) in [5.41, 5.74) is 9.17. The van der Waals surface area contributed by atoms with Crippen molar-refractivity contribution >= 4 is 43.5 Å². The summed E-state index contributed by atoms with van der Waals surface area (Å²) in [4.78, 5) is 20.2. The van der Waals surface area contributed by atoms with E-state index in [1.807, 2.05) is 66.7 Å². The Balaban J connectivity index is 1.28. The molecule has 238 valence electrons. The summed E-state index contributed by atoms with van der Waals surface area (Å²) < 4.78 is 2.36. The molecule has 0 atom stereocenters. The molecule has 7 aromatic carbocycles. The van der Waals surface area contributed by atoms with Gasteiger partial charge in [-0.2, -0.15) is 0 Å². The molecular weight excluding hydrogens is 623 g/mol. The van der Waals surface area contributed by atoms with Crippen molar-refractivity contribution in [1.82, 2.24) is 24.5 Å². The van der Waals surface area contributed by atoms with E-state index in [0.717, 1.165) is 71.7 Å². The summed E-state index contributed by atoms with van der Waals surface area (Å²) in [6.45, 7) is 0. The molecule has 5 heteroatoms. The fraction of sp³-hybridized carbons (Fsp3) is 0. The highest BCUT2D eigenvalue weighted by Gasteiger charge is 2.19. The van der Waals surface area contributed by atoms with Crippen LogP contribution in [0.15, 0.2) is 176 Å². The van der Waals surface area contributed by atoms with Gasteiger partial charge in [0.15, 0.2) is 17.5 Å². The molecule has 0 amide bonds. The quantitative estimate of drug-likeness (QED) is 0.174. The lowest BCUT2D eigenvalue weighted by atomic mass is 9.97. The molecule has 0 fully saturated rings. The van der Waals surface area contributed by atoms with Crippen molar-refractivity contribution in [1.29, 1.82) is 0 Å². The van der Waals surface area contributed by atoms with E-state index < -0.39 is 0 Å². The lowest BCUT2D eigenvalue weighted by Gasteiger charge is -2.12. The van der Waals surface area contributed by atoms with E-state index in [2.05, 4.69) is 114 Å². The molecule has 0 aliphatic carbocycles. The third kappa shape index (κ3) is 4.94. The number of aromatic nitrogens is 5. The summed E-state index contributed by atoms with van der Waals surface area (Å²) in [6.07, 6.45) is 0. The van der Waals surface area contributed by atoms with E-state index in [4.69, 9.17) is 19.9 Å². The van der Waals surface area contributed by atoms with Crippen LogP contribution in [0.25, 0.3) is 94.6 Å². The van der Waals surface area contributed by atoms with Gasteiger partial charge in [-0.1, -0.05) is 127 Å². The first-order chi connectivity index (χ1) is 25.3. The highest BCUT2D eigenvalue weighted by atomic mass is 15.0. The molecule has 0 spiro atoms. The number of hydrogen-bond donors (Lipinski definition) is 0. The number of fused-ring (bicyclic) bond motifs is 6. The Morgan fingerprint density at radius 1 is 0.314 bits per heavy atom. The number of pyridine rings is 1. The number of nitrogens with zero attached hydrogens (tertiary/aromatic N) is 5. The van der Waals surface area contributed by atoms with Gasteiger partial charge in [-0.3, -0.25) is 0 Å². The Hall–Kier alpha value is -6.98. The molecule has 0 bridgehead atoms. The number of hydrogen-bond acceptors (Lipinski definition) is 4. The molecule has 0 aliphatic rings. The van der Waals surface area contributed by atoms with Gasteiger partial charge in [-0.15, -0.1) is 0 Å². The van der Waals surface area contributed by atoms with Crippen LogP contribution < -0.4 is 0 Å². The van der Waals surface area contributed by atoms with Crippen LogP contribution in [0.1, 0.15) is 0 Å². The maximum Gasteiger partial charge on any atom is 0.164 e. The summed E-state index contributed by atoms with van der Waals surface area (Å²) in [5, 5.41) is 5.69. The maximum absolute atomic E-state index is 5.23. The predicted octanol–water partition coefficient (Wildman–Crippen LogP) is 11.3. The van der Waals surface area contributed by atoms with Gasteiger partial charge >= 0.3 is 0 Å². The van der Waals surface area contributed by atoms with Crippen molar-refractivity contribution in [3.63, 3.8) is 0 Å². The van der Waals surface area contributed by atoms with Crippen molar-refractivity contribution in [3.8, 4) is 51.1 Å². The van der Waals surface area contributed by atoms with Gasteiger partial charge in [-0.25, -0.2) is 19.9 Å². The van der Waals surface area contributed by atoms with E-state index in [9.17, 15) is 0 Å². The van der Waals surface area contributed by atoms with Crippen molar-refractivity contribution in [2.24, 2.45) is 0 Å². The van der Waals surface area contributed by atoms with Crippen molar-refractivity contribution < 1.29 is 0 Å². The zero-order valence-corrected chi connectivity index (χ0v) is 27.5. The molecule has 0 N–H and O–H groups in total. The molecule has 51 heavy (non-hydrogen) atoms. The van der Waals surface area contributed by atoms with Crippen LogP contribution in [0.3, 0.4) is 0 Å². The van der Waals surface area contributed by atoms with Gasteiger partial charge in [0, 0.05) is 49.5 Å². The minimum atomic E-state index is 0.632. The molecule has 10 aromatic rings. The Morgan fingerprint density at radius 2 is 0.843 bits per heavy atom. The fourth-order valence-corrected chi connectivity index (χ4v) is 7.21. The highest BCUT2D eigenvalue weighted by molar-refractivity contribution is 6.20. The van der Waals surface area contributed by atoms with E-state index in [1.54, 1.807) is 0 Å². The molecule has 5 nitrogen and oxygen atoms in total.